The number of halogens is 4. The Bertz CT molecular complexity index is 1490. The van der Waals surface area contributed by atoms with Crippen molar-refractivity contribution in [3.05, 3.63) is 76.5 Å². The molecular formula is C27H28F4N4O2S. The van der Waals surface area contributed by atoms with Gasteiger partial charge in [0.1, 0.15) is 5.82 Å². The van der Waals surface area contributed by atoms with Crippen molar-refractivity contribution in [2.24, 2.45) is 7.05 Å². The highest BCUT2D eigenvalue weighted by Gasteiger charge is 2.41. The molecule has 0 radical (unpaired) electrons. The van der Waals surface area contributed by atoms with Crippen LogP contribution in [0.1, 0.15) is 52.5 Å². The Hall–Kier alpha value is -2.92. The average molecular weight is 549 g/mol. The minimum atomic E-state index is -4.56. The van der Waals surface area contributed by atoms with Gasteiger partial charge in [0, 0.05) is 50.9 Å². The minimum Gasteiger partial charge on any atom is -0.371 e. The maximum absolute atomic E-state index is 15.1. The van der Waals surface area contributed by atoms with Crippen molar-refractivity contribution in [1.82, 2.24) is 13.9 Å². The normalized spacial score (nSPS) is 20.3. The number of rotatable bonds is 6. The van der Waals surface area contributed by atoms with E-state index >= 15 is 4.39 Å². The van der Waals surface area contributed by atoms with Gasteiger partial charge in [-0.2, -0.15) is 17.5 Å². The van der Waals surface area contributed by atoms with Crippen molar-refractivity contribution in [3.63, 3.8) is 0 Å². The molecule has 6 rings (SSSR count). The summed E-state index contributed by atoms with van der Waals surface area (Å²) in [6.45, 7) is 1.66. The van der Waals surface area contributed by atoms with Crippen LogP contribution in [0.15, 0.2) is 47.9 Å². The molecule has 0 amide bonds. The van der Waals surface area contributed by atoms with Gasteiger partial charge >= 0.3 is 6.18 Å². The number of hydrogen-bond acceptors (Lipinski definition) is 4. The summed E-state index contributed by atoms with van der Waals surface area (Å²) in [5.41, 5.74) is 2.50. The Labute approximate surface area is 218 Å². The van der Waals surface area contributed by atoms with Crippen molar-refractivity contribution in [2.75, 3.05) is 31.1 Å². The Morgan fingerprint density at radius 2 is 1.87 bits per heavy atom. The standard InChI is InChI=1S/C27H28F4N4O2S/c1-33-15-25(32-16-33)38(36,37)35-13-20(14-35)18-5-3-17-4-6-19(21(17)11-18)12-22-24(28)8-7-23(27(29,30)31)26(22)34-9-2-10-34/h3,5,7-8,11,15-16,19-20H,2,4,6,9-10,12-14H2,1H3. The van der Waals surface area contributed by atoms with Crippen molar-refractivity contribution in [3.8, 4) is 0 Å². The molecule has 2 fully saturated rings. The Balaban J connectivity index is 1.24. The highest BCUT2D eigenvalue weighted by atomic mass is 32.2. The lowest BCUT2D eigenvalue weighted by Gasteiger charge is -2.38. The summed E-state index contributed by atoms with van der Waals surface area (Å²) < 4.78 is 85.2. The summed E-state index contributed by atoms with van der Waals surface area (Å²) in [7, 11) is -1.94. The third-order valence-corrected chi connectivity index (χ3v) is 9.85. The minimum absolute atomic E-state index is 0.0114. The molecule has 0 saturated carbocycles. The molecule has 1 aromatic heterocycles. The maximum atomic E-state index is 15.1. The van der Waals surface area contributed by atoms with Gasteiger partial charge in [-0.25, -0.2) is 17.8 Å². The zero-order valence-electron chi connectivity index (χ0n) is 20.9. The number of hydrogen-bond donors (Lipinski definition) is 0. The third-order valence-electron chi connectivity index (χ3n) is 8.13. The number of imidazole rings is 1. The topological polar surface area (TPSA) is 58.4 Å². The maximum Gasteiger partial charge on any atom is 0.418 e. The predicted octanol–water partition coefficient (Wildman–Crippen LogP) is 4.85. The number of nitrogens with zero attached hydrogens (tertiary/aromatic N) is 4. The van der Waals surface area contributed by atoms with Gasteiger partial charge in [-0.15, -0.1) is 0 Å². The van der Waals surface area contributed by atoms with Gasteiger partial charge in [-0.1, -0.05) is 18.2 Å². The van der Waals surface area contributed by atoms with Crippen LogP contribution in [0.2, 0.25) is 0 Å². The number of aryl methyl sites for hydroxylation is 2. The lowest BCUT2D eigenvalue weighted by Crippen LogP contribution is -2.48. The van der Waals surface area contributed by atoms with Crippen LogP contribution in [0.3, 0.4) is 0 Å². The van der Waals surface area contributed by atoms with Gasteiger partial charge in [0.15, 0.2) is 5.03 Å². The first-order valence-corrected chi connectivity index (χ1v) is 14.2. The van der Waals surface area contributed by atoms with Crippen LogP contribution < -0.4 is 4.90 Å². The highest BCUT2D eigenvalue weighted by molar-refractivity contribution is 7.89. The van der Waals surface area contributed by atoms with Crippen molar-refractivity contribution in [2.45, 2.75) is 48.7 Å². The number of aromatic nitrogens is 2. The van der Waals surface area contributed by atoms with E-state index in [4.69, 9.17) is 0 Å². The van der Waals surface area contributed by atoms with Crippen LogP contribution in [0.25, 0.3) is 0 Å². The third kappa shape index (κ3) is 4.29. The van der Waals surface area contributed by atoms with Crippen molar-refractivity contribution >= 4 is 15.7 Å². The molecule has 1 unspecified atom stereocenters. The van der Waals surface area contributed by atoms with E-state index in [9.17, 15) is 21.6 Å². The van der Waals surface area contributed by atoms with E-state index in [0.29, 0.717) is 26.2 Å². The van der Waals surface area contributed by atoms with E-state index in [0.717, 1.165) is 48.1 Å². The molecule has 2 aromatic carbocycles. The molecule has 0 spiro atoms. The number of anilines is 1. The van der Waals surface area contributed by atoms with Crippen molar-refractivity contribution < 1.29 is 26.0 Å². The molecule has 3 aliphatic rings. The molecule has 0 bridgehead atoms. The fourth-order valence-electron chi connectivity index (χ4n) is 5.85. The molecule has 3 heterocycles. The number of alkyl halides is 3. The molecule has 202 valence electrons. The van der Waals surface area contributed by atoms with Crippen LogP contribution in [0.4, 0.5) is 23.2 Å². The lowest BCUT2D eigenvalue weighted by molar-refractivity contribution is -0.137. The molecule has 0 N–H and O–H groups in total. The SMILES string of the molecule is Cn1cnc(S(=O)(=O)N2CC(c3ccc4c(c3)C(Cc3c(F)ccc(C(F)(F)F)c3N3CCC3)CC4)C2)c1. The first-order chi connectivity index (χ1) is 18.0. The van der Waals surface area contributed by atoms with E-state index in [1.807, 2.05) is 12.1 Å². The van der Waals surface area contributed by atoms with Crippen LogP contribution in [0, 0.1) is 5.82 Å². The fraction of sp³-hybridized carbons (Fsp3) is 0.444. The van der Waals surface area contributed by atoms with E-state index in [1.165, 1.54) is 16.8 Å². The summed E-state index contributed by atoms with van der Waals surface area (Å²) in [5, 5.41) is 0.0218. The summed E-state index contributed by atoms with van der Waals surface area (Å²) in [6, 6.07) is 7.89. The number of benzene rings is 2. The fourth-order valence-corrected chi connectivity index (χ4v) is 7.35. The van der Waals surface area contributed by atoms with Crippen LogP contribution in [0.5, 0.6) is 0 Å². The Morgan fingerprint density at radius 3 is 2.50 bits per heavy atom. The smallest absolute Gasteiger partial charge is 0.371 e. The second kappa shape index (κ2) is 9.08. The molecule has 2 aliphatic heterocycles. The molecule has 3 aromatic rings. The van der Waals surface area contributed by atoms with Crippen LogP contribution in [-0.2, 0) is 36.1 Å². The first-order valence-electron chi connectivity index (χ1n) is 12.8. The first kappa shape index (κ1) is 25.4. The molecule has 38 heavy (non-hydrogen) atoms. The zero-order valence-corrected chi connectivity index (χ0v) is 21.7. The zero-order chi connectivity index (χ0) is 26.8. The van der Waals surface area contributed by atoms with Crippen LogP contribution >= 0.6 is 0 Å². The van der Waals surface area contributed by atoms with Crippen molar-refractivity contribution in [1.29, 1.82) is 0 Å². The van der Waals surface area contributed by atoms with Gasteiger partial charge in [0.05, 0.1) is 17.6 Å². The largest absolute Gasteiger partial charge is 0.418 e. The second-order valence-corrected chi connectivity index (χ2v) is 12.4. The van der Waals surface area contributed by atoms with Gasteiger partial charge in [-0.3, -0.25) is 0 Å². The summed E-state index contributed by atoms with van der Waals surface area (Å²) >= 11 is 0. The summed E-state index contributed by atoms with van der Waals surface area (Å²) in [6.07, 6.45) is 0.874. The molecule has 1 aliphatic carbocycles. The number of sulfonamides is 1. The second-order valence-electron chi connectivity index (χ2n) is 10.6. The summed E-state index contributed by atoms with van der Waals surface area (Å²) in [5.74, 6) is -0.683. The monoisotopic (exact) mass is 548 g/mol. The molecule has 6 nitrogen and oxygen atoms in total. The molecular weight excluding hydrogens is 520 g/mol. The predicted molar refractivity (Wildman–Crippen MR) is 134 cm³/mol. The summed E-state index contributed by atoms with van der Waals surface area (Å²) in [4.78, 5) is 5.61. The highest BCUT2D eigenvalue weighted by Crippen LogP contribution is 2.45. The Kier molecular flexibility index (Phi) is 6.06. The number of fused-ring (bicyclic) bond motifs is 1. The quantitative estimate of drug-likeness (QED) is 0.414. The van der Waals surface area contributed by atoms with Gasteiger partial charge in [0.25, 0.3) is 10.0 Å². The van der Waals surface area contributed by atoms with Crippen LogP contribution in [-0.4, -0.2) is 48.5 Å². The van der Waals surface area contributed by atoms with Gasteiger partial charge in [-0.05, 0) is 60.4 Å². The lowest BCUT2D eigenvalue weighted by atomic mass is 9.86. The molecule has 1 atom stereocenters. The Morgan fingerprint density at radius 1 is 1.11 bits per heavy atom. The van der Waals surface area contributed by atoms with Gasteiger partial charge < -0.3 is 9.47 Å². The van der Waals surface area contributed by atoms with E-state index in [1.54, 1.807) is 16.5 Å². The average Bonchev–Trinajstić information content (AvgIpc) is 3.39. The molecule has 2 saturated heterocycles. The molecule has 11 heteroatoms. The van der Waals surface area contributed by atoms with Gasteiger partial charge in [0.2, 0.25) is 0 Å². The van der Waals surface area contributed by atoms with E-state index in [-0.39, 0.29) is 34.5 Å². The van der Waals surface area contributed by atoms with E-state index in [2.05, 4.69) is 11.1 Å². The van der Waals surface area contributed by atoms with E-state index < -0.39 is 27.6 Å².